The summed E-state index contributed by atoms with van der Waals surface area (Å²) in [5, 5.41) is 0. The predicted octanol–water partition coefficient (Wildman–Crippen LogP) is 3.71. The fourth-order valence-corrected chi connectivity index (χ4v) is 3.92. The van der Waals surface area contributed by atoms with Gasteiger partial charge in [-0.1, -0.05) is 30.3 Å². The first-order valence-electron chi connectivity index (χ1n) is 8.61. The molecule has 1 saturated carbocycles. The van der Waals surface area contributed by atoms with Crippen molar-refractivity contribution in [3.63, 3.8) is 0 Å². The SMILES string of the molecule is [CH]1CCC(C(CCc2ccccc2)N2CCOCC2)CC1. The number of hydrogen-bond donors (Lipinski definition) is 0. The third kappa shape index (κ3) is 4.31. The van der Waals surface area contributed by atoms with Gasteiger partial charge in [-0.25, -0.2) is 0 Å². The van der Waals surface area contributed by atoms with Gasteiger partial charge in [0.15, 0.2) is 0 Å². The summed E-state index contributed by atoms with van der Waals surface area (Å²) < 4.78 is 5.55. The van der Waals surface area contributed by atoms with E-state index in [4.69, 9.17) is 4.74 Å². The average molecular weight is 286 g/mol. The van der Waals surface area contributed by atoms with Gasteiger partial charge in [-0.2, -0.15) is 0 Å². The molecule has 2 aliphatic rings. The van der Waals surface area contributed by atoms with Crippen LogP contribution < -0.4 is 0 Å². The molecule has 0 N–H and O–H groups in total. The lowest BCUT2D eigenvalue weighted by molar-refractivity contribution is -0.00322. The molecule has 1 aromatic carbocycles. The predicted molar refractivity (Wildman–Crippen MR) is 87.2 cm³/mol. The van der Waals surface area contributed by atoms with E-state index in [0.717, 1.165) is 38.3 Å². The molecule has 0 spiro atoms. The van der Waals surface area contributed by atoms with Crippen LogP contribution in [0.25, 0.3) is 0 Å². The third-order valence-electron chi connectivity index (χ3n) is 5.11. The highest BCUT2D eigenvalue weighted by molar-refractivity contribution is 5.15. The number of benzene rings is 1. The second-order valence-electron chi connectivity index (χ2n) is 6.44. The van der Waals surface area contributed by atoms with Crippen LogP contribution in [0, 0.1) is 12.3 Å². The fraction of sp³-hybridized carbons (Fsp3) is 0.632. The minimum atomic E-state index is 0.753. The first kappa shape index (κ1) is 15.1. The Morgan fingerprint density at radius 3 is 2.48 bits per heavy atom. The van der Waals surface area contributed by atoms with Crippen molar-refractivity contribution in [3.05, 3.63) is 42.3 Å². The molecule has 2 fully saturated rings. The molecular formula is C19H28NO. The molecule has 0 amide bonds. The van der Waals surface area contributed by atoms with Crippen LogP contribution in [0.1, 0.15) is 37.7 Å². The summed E-state index contributed by atoms with van der Waals surface area (Å²) in [7, 11) is 0. The van der Waals surface area contributed by atoms with Gasteiger partial charge in [0.05, 0.1) is 13.2 Å². The Morgan fingerprint density at radius 2 is 1.76 bits per heavy atom. The number of nitrogens with zero attached hydrogens (tertiary/aromatic N) is 1. The van der Waals surface area contributed by atoms with E-state index in [1.54, 1.807) is 0 Å². The monoisotopic (exact) mass is 286 g/mol. The minimum Gasteiger partial charge on any atom is -0.379 e. The molecule has 1 aliphatic heterocycles. The van der Waals surface area contributed by atoms with E-state index < -0.39 is 0 Å². The van der Waals surface area contributed by atoms with Gasteiger partial charge in [0.1, 0.15) is 0 Å². The van der Waals surface area contributed by atoms with Crippen LogP contribution >= 0.6 is 0 Å². The van der Waals surface area contributed by atoms with Gasteiger partial charge < -0.3 is 4.74 Å². The quantitative estimate of drug-likeness (QED) is 0.818. The van der Waals surface area contributed by atoms with Crippen molar-refractivity contribution in [2.24, 2.45) is 5.92 Å². The van der Waals surface area contributed by atoms with E-state index in [1.165, 1.54) is 44.1 Å². The Hall–Kier alpha value is -0.860. The van der Waals surface area contributed by atoms with Crippen LogP contribution in [0.2, 0.25) is 0 Å². The van der Waals surface area contributed by atoms with E-state index in [9.17, 15) is 0 Å². The molecule has 0 bridgehead atoms. The van der Waals surface area contributed by atoms with Crippen molar-refractivity contribution in [2.45, 2.75) is 44.6 Å². The molecule has 1 atom stereocenters. The maximum atomic E-state index is 5.55. The van der Waals surface area contributed by atoms with E-state index in [2.05, 4.69) is 41.7 Å². The van der Waals surface area contributed by atoms with Crippen LogP contribution in [0.5, 0.6) is 0 Å². The second kappa shape index (κ2) is 7.95. The maximum absolute atomic E-state index is 5.55. The topological polar surface area (TPSA) is 12.5 Å². The Balaban J connectivity index is 1.62. The summed E-state index contributed by atoms with van der Waals surface area (Å²) in [6.45, 7) is 4.08. The molecule has 1 saturated heterocycles. The van der Waals surface area contributed by atoms with Crippen LogP contribution in [-0.2, 0) is 11.2 Å². The van der Waals surface area contributed by atoms with Crippen molar-refractivity contribution < 1.29 is 4.74 Å². The zero-order valence-corrected chi connectivity index (χ0v) is 13.0. The van der Waals surface area contributed by atoms with Crippen LogP contribution in [0.3, 0.4) is 0 Å². The molecule has 115 valence electrons. The molecule has 2 nitrogen and oxygen atoms in total. The lowest BCUT2D eigenvalue weighted by atomic mass is 9.81. The first-order valence-corrected chi connectivity index (χ1v) is 8.61. The molecule has 2 heteroatoms. The minimum absolute atomic E-state index is 0.753. The number of ether oxygens (including phenoxy) is 1. The normalized spacial score (nSPS) is 23.0. The standard InChI is InChI=1S/C19H28NO/c1-3-7-17(8-4-1)11-12-19(18-9-5-2-6-10-18)20-13-15-21-16-14-20/h1-4,7-8,18-19H,5-6,9-16H2. The van der Waals surface area contributed by atoms with Crippen LogP contribution in [0.15, 0.2) is 30.3 Å². The summed E-state index contributed by atoms with van der Waals surface area (Å²) in [5.74, 6) is 0.886. The molecule has 0 aromatic heterocycles. The molecule has 1 aromatic rings. The van der Waals surface area contributed by atoms with Gasteiger partial charge in [-0.05, 0) is 56.4 Å². The van der Waals surface area contributed by atoms with Gasteiger partial charge in [0, 0.05) is 19.1 Å². The largest absolute Gasteiger partial charge is 0.379 e. The lowest BCUT2D eigenvalue weighted by Gasteiger charge is -2.40. The Labute approximate surface area is 129 Å². The molecule has 1 aliphatic carbocycles. The van der Waals surface area contributed by atoms with Crippen molar-refractivity contribution >= 4 is 0 Å². The highest BCUT2D eigenvalue weighted by Gasteiger charge is 2.29. The van der Waals surface area contributed by atoms with E-state index in [1.807, 2.05) is 0 Å². The van der Waals surface area contributed by atoms with Crippen LogP contribution in [-0.4, -0.2) is 37.2 Å². The summed E-state index contributed by atoms with van der Waals surface area (Å²) in [6.07, 6.45) is 10.4. The molecule has 1 unspecified atom stereocenters. The summed E-state index contributed by atoms with van der Waals surface area (Å²) in [5.41, 5.74) is 1.48. The number of rotatable bonds is 5. The number of morpholine rings is 1. The highest BCUT2D eigenvalue weighted by Crippen LogP contribution is 2.31. The first-order chi connectivity index (χ1) is 10.4. The zero-order valence-electron chi connectivity index (χ0n) is 13.0. The fourth-order valence-electron chi connectivity index (χ4n) is 3.92. The maximum Gasteiger partial charge on any atom is 0.0594 e. The summed E-state index contributed by atoms with van der Waals surface area (Å²) in [4.78, 5) is 2.71. The van der Waals surface area contributed by atoms with Gasteiger partial charge >= 0.3 is 0 Å². The molecule has 21 heavy (non-hydrogen) atoms. The molecule has 3 rings (SSSR count). The lowest BCUT2D eigenvalue weighted by Crippen LogP contribution is -2.47. The van der Waals surface area contributed by atoms with Gasteiger partial charge in [0.2, 0.25) is 0 Å². The zero-order chi connectivity index (χ0) is 14.3. The van der Waals surface area contributed by atoms with Crippen molar-refractivity contribution in [2.75, 3.05) is 26.3 Å². The number of aryl methyl sites for hydroxylation is 1. The van der Waals surface area contributed by atoms with Crippen LogP contribution in [0.4, 0.5) is 0 Å². The number of hydrogen-bond acceptors (Lipinski definition) is 2. The Bertz CT molecular complexity index is 375. The van der Waals surface area contributed by atoms with Crippen molar-refractivity contribution in [3.8, 4) is 0 Å². The van der Waals surface area contributed by atoms with E-state index in [0.29, 0.717) is 0 Å². The average Bonchev–Trinajstić information content (AvgIpc) is 2.58. The van der Waals surface area contributed by atoms with E-state index >= 15 is 0 Å². The summed E-state index contributed by atoms with van der Waals surface area (Å²) in [6, 6.07) is 11.7. The smallest absolute Gasteiger partial charge is 0.0594 e. The van der Waals surface area contributed by atoms with Gasteiger partial charge in [-0.3, -0.25) is 4.90 Å². The highest BCUT2D eigenvalue weighted by atomic mass is 16.5. The Kier molecular flexibility index (Phi) is 5.70. The van der Waals surface area contributed by atoms with E-state index in [-0.39, 0.29) is 0 Å². The molecule has 1 radical (unpaired) electrons. The van der Waals surface area contributed by atoms with Gasteiger partial charge in [-0.15, -0.1) is 0 Å². The van der Waals surface area contributed by atoms with Gasteiger partial charge in [0.25, 0.3) is 0 Å². The third-order valence-corrected chi connectivity index (χ3v) is 5.11. The summed E-state index contributed by atoms with van der Waals surface area (Å²) >= 11 is 0. The van der Waals surface area contributed by atoms with Crippen molar-refractivity contribution in [1.82, 2.24) is 4.90 Å². The van der Waals surface area contributed by atoms with Crippen molar-refractivity contribution in [1.29, 1.82) is 0 Å². The Morgan fingerprint density at radius 1 is 1.05 bits per heavy atom. The molecule has 1 heterocycles. The second-order valence-corrected chi connectivity index (χ2v) is 6.44. The molecular weight excluding hydrogens is 258 g/mol.